The zero-order valence-corrected chi connectivity index (χ0v) is 11.4. The molecule has 0 saturated carbocycles. The van der Waals surface area contributed by atoms with E-state index in [9.17, 15) is 9.59 Å². The first-order chi connectivity index (χ1) is 8.40. The van der Waals surface area contributed by atoms with E-state index < -0.39 is 5.41 Å². The summed E-state index contributed by atoms with van der Waals surface area (Å²) >= 11 is 0. The van der Waals surface area contributed by atoms with E-state index in [4.69, 9.17) is 4.74 Å². The number of hydrogen-bond acceptors (Lipinski definition) is 3. The largest absolute Gasteiger partial charge is 0.497 e. The molecule has 0 bridgehead atoms. The van der Waals surface area contributed by atoms with Gasteiger partial charge < -0.3 is 4.74 Å². The molecule has 18 heavy (non-hydrogen) atoms. The average Bonchev–Trinajstić information content (AvgIpc) is 2.38. The van der Waals surface area contributed by atoms with Crippen molar-refractivity contribution in [3.63, 3.8) is 0 Å². The lowest BCUT2D eigenvalue weighted by Crippen LogP contribution is -2.25. The second kappa shape index (κ2) is 5.80. The van der Waals surface area contributed by atoms with Crippen molar-refractivity contribution in [3.8, 4) is 5.75 Å². The molecule has 0 fully saturated rings. The Morgan fingerprint density at radius 1 is 1.17 bits per heavy atom. The predicted molar refractivity (Wildman–Crippen MR) is 71.0 cm³/mol. The minimum Gasteiger partial charge on any atom is -0.497 e. The molecule has 0 atom stereocenters. The summed E-state index contributed by atoms with van der Waals surface area (Å²) in [5.74, 6) is 0.557. The molecule has 0 amide bonds. The van der Waals surface area contributed by atoms with Crippen LogP contribution in [-0.4, -0.2) is 18.7 Å². The molecule has 98 valence electrons. The Morgan fingerprint density at radius 2 is 1.72 bits per heavy atom. The van der Waals surface area contributed by atoms with Gasteiger partial charge in [-0.3, -0.25) is 9.59 Å². The Bertz CT molecular complexity index is 430. The lowest BCUT2D eigenvalue weighted by atomic mass is 9.82. The first kappa shape index (κ1) is 14.4. The zero-order chi connectivity index (χ0) is 13.8. The lowest BCUT2D eigenvalue weighted by Gasteiger charge is -2.20. The molecule has 3 nitrogen and oxygen atoms in total. The Labute approximate surface area is 108 Å². The molecule has 0 radical (unpaired) electrons. The van der Waals surface area contributed by atoms with Gasteiger partial charge >= 0.3 is 0 Å². The fraction of sp³-hybridized carbons (Fsp3) is 0.467. The first-order valence-corrected chi connectivity index (χ1v) is 6.11. The number of ketones is 2. The van der Waals surface area contributed by atoms with Crippen molar-refractivity contribution < 1.29 is 14.3 Å². The summed E-state index contributed by atoms with van der Waals surface area (Å²) in [5.41, 5.74) is 0.123. The highest BCUT2D eigenvalue weighted by atomic mass is 16.5. The van der Waals surface area contributed by atoms with E-state index >= 15 is 0 Å². The third-order valence-corrected chi connectivity index (χ3v) is 3.37. The van der Waals surface area contributed by atoms with Crippen LogP contribution in [0.5, 0.6) is 5.75 Å². The Balaban J connectivity index is 2.73. The van der Waals surface area contributed by atoms with Crippen molar-refractivity contribution in [2.45, 2.75) is 33.6 Å². The van der Waals surface area contributed by atoms with Gasteiger partial charge in [-0.05, 0) is 30.7 Å². The maximum absolute atomic E-state index is 12.0. The van der Waals surface area contributed by atoms with Crippen molar-refractivity contribution >= 4 is 11.6 Å². The van der Waals surface area contributed by atoms with Crippen molar-refractivity contribution in [2.24, 2.45) is 5.41 Å². The number of Topliss-reactive ketones (excluding diaryl/α,β-unsaturated/α-hetero) is 2. The van der Waals surface area contributed by atoms with Crippen LogP contribution in [0, 0.1) is 5.41 Å². The van der Waals surface area contributed by atoms with Gasteiger partial charge in [0, 0.05) is 11.0 Å². The number of hydrogen-bond donors (Lipinski definition) is 0. The number of rotatable bonds is 6. The number of benzene rings is 1. The smallest absolute Gasteiger partial charge is 0.170 e. The molecule has 0 spiro atoms. The molecule has 0 aliphatic carbocycles. The standard InChI is InChI=1S/C15H20O3/c1-5-15(2,3)14(17)10-13(16)11-6-8-12(18-4)9-7-11/h6-9H,5,10H2,1-4H3. The minimum atomic E-state index is -0.428. The highest BCUT2D eigenvalue weighted by Crippen LogP contribution is 2.23. The van der Waals surface area contributed by atoms with Crippen molar-refractivity contribution in [1.82, 2.24) is 0 Å². The number of ether oxygens (including phenoxy) is 1. The van der Waals surface area contributed by atoms with E-state index in [0.29, 0.717) is 11.3 Å². The van der Waals surface area contributed by atoms with Gasteiger partial charge in [-0.15, -0.1) is 0 Å². The van der Waals surface area contributed by atoms with Crippen LogP contribution in [0.1, 0.15) is 44.0 Å². The quantitative estimate of drug-likeness (QED) is 0.573. The Kier molecular flexibility index (Phi) is 4.65. The molecule has 0 N–H and O–H groups in total. The Hall–Kier alpha value is -1.64. The molecular formula is C15H20O3. The van der Waals surface area contributed by atoms with E-state index in [1.807, 2.05) is 20.8 Å². The molecule has 1 rings (SSSR count). The van der Waals surface area contributed by atoms with Crippen molar-refractivity contribution in [1.29, 1.82) is 0 Å². The number of carbonyl (C=O) groups excluding carboxylic acids is 2. The van der Waals surface area contributed by atoms with E-state index in [0.717, 1.165) is 6.42 Å². The van der Waals surface area contributed by atoms with Crippen LogP contribution in [-0.2, 0) is 4.79 Å². The number of methoxy groups -OCH3 is 1. The molecule has 0 aliphatic rings. The van der Waals surface area contributed by atoms with Crippen LogP contribution >= 0.6 is 0 Å². The molecule has 0 aliphatic heterocycles. The van der Waals surface area contributed by atoms with Crippen LogP contribution in [0.15, 0.2) is 24.3 Å². The summed E-state index contributed by atoms with van der Waals surface area (Å²) in [6, 6.07) is 6.83. The van der Waals surface area contributed by atoms with Crippen LogP contribution in [0.4, 0.5) is 0 Å². The van der Waals surface area contributed by atoms with E-state index in [2.05, 4.69) is 0 Å². The maximum Gasteiger partial charge on any atom is 0.170 e. The molecule has 0 unspecified atom stereocenters. The van der Waals surface area contributed by atoms with E-state index in [1.165, 1.54) is 0 Å². The summed E-state index contributed by atoms with van der Waals surface area (Å²) in [6.07, 6.45) is 0.703. The van der Waals surface area contributed by atoms with Crippen LogP contribution in [0.2, 0.25) is 0 Å². The second-order valence-electron chi connectivity index (χ2n) is 4.99. The van der Waals surface area contributed by atoms with Gasteiger partial charge in [-0.1, -0.05) is 20.8 Å². The summed E-state index contributed by atoms with van der Waals surface area (Å²) in [6.45, 7) is 5.70. The normalized spacial score (nSPS) is 11.1. The van der Waals surface area contributed by atoms with Crippen LogP contribution in [0.25, 0.3) is 0 Å². The zero-order valence-electron chi connectivity index (χ0n) is 11.4. The predicted octanol–water partition coefficient (Wildman–Crippen LogP) is 3.27. The summed E-state index contributed by atoms with van der Waals surface area (Å²) in [4.78, 5) is 23.9. The molecule has 1 aromatic rings. The van der Waals surface area contributed by atoms with E-state index in [1.54, 1.807) is 31.4 Å². The third kappa shape index (κ3) is 3.42. The Morgan fingerprint density at radius 3 is 2.17 bits per heavy atom. The fourth-order valence-electron chi connectivity index (χ4n) is 1.46. The SMILES string of the molecule is CCC(C)(C)C(=O)CC(=O)c1ccc(OC)cc1. The molecule has 3 heteroatoms. The van der Waals surface area contributed by atoms with Crippen molar-refractivity contribution in [3.05, 3.63) is 29.8 Å². The van der Waals surface area contributed by atoms with Gasteiger partial charge in [0.25, 0.3) is 0 Å². The fourth-order valence-corrected chi connectivity index (χ4v) is 1.46. The molecule has 1 aromatic carbocycles. The topological polar surface area (TPSA) is 43.4 Å². The second-order valence-corrected chi connectivity index (χ2v) is 4.99. The monoisotopic (exact) mass is 248 g/mol. The molecule has 0 heterocycles. The highest BCUT2D eigenvalue weighted by Gasteiger charge is 2.27. The maximum atomic E-state index is 12.0. The molecule has 0 saturated heterocycles. The first-order valence-electron chi connectivity index (χ1n) is 6.11. The minimum absolute atomic E-state index is 0.00850. The molecular weight excluding hydrogens is 228 g/mol. The van der Waals surface area contributed by atoms with E-state index in [-0.39, 0.29) is 18.0 Å². The summed E-state index contributed by atoms with van der Waals surface area (Å²) in [5, 5.41) is 0. The average molecular weight is 248 g/mol. The van der Waals surface area contributed by atoms with Crippen LogP contribution < -0.4 is 4.74 Å². The van der Waals surface area contributed by atoms with Gasteiger partial charge in [0.1, 0.15) is 11.5 Å². The molecule has 0 aromatic heterocycles. The van der Waals surface area contributed by atoms with Crippen LogP contribution in [0.3, 0.4) is 0 Å². The summed E-state index contributed by atoms with van der Waals surface area (Å²) < 4.78 is 5.02. The van der Waals surface area contributed by atoms with Gasteiger partial charge in [0.2, 0.25) is 0 Å². The van der Waals surface area contributed by atoms with Gasteiger partial charge in [0.15, 0.2) is 5.78 Å². The van der Waals surface area contributed by atoms with Gasteiger partial charge in [-0.2, -0.15) is 0 Å². The number of carbonyl (C=O) groups is 2. The third-order valence-electron chi connectivity index (χ3n) is 3.37. The highest BCUT2D eigenvalue weighted by molar-refractivity contribution is 6.09. The van der Waals surface area contributed by atoms with Gasteiger partial charge in [0.05, 0.1) is 13.5 Å². The van der Waals surface area contributed by atoms with Gasteiger partial charge in [-0.25, -0.2) is 0 Å². The summed E-state index contributed by atoms with van der Waals surface area (Å²) in [7, 11) is 1.57. The lowest BCUT2D eigenvalue weighted by molar-refractivity contribution is -0.126. The van der Waals surface area contributed by atoms with Crippen molar-refractivity contribution in [2.75, 3.05) is 7.11 Å².